The van der Waals surface area contributed by atoms with E-state index >= 15 is 0 Å². The van der Waals surface area contributed by atoms with E-state index in [0.717, 1.165) is 12.5 Å². The molecule has 1 fully saturated rings. The normalized spacial score (nSPS) is 21.0. The summed E-state index contributed by atoms with van der Waals surface area (Å²) in [6.07, 6.45) is 12.7. The van der Waals surface area contributed by atoms with E-state index < -0.39 is 0 Å². The van der Waals surface area contributed by atoms with Gasteiger partial charge in [-0.05, 0) is 39.5 Å². The molecule has 0 aliphatic heterocycles. The van der Waals surface area contributed by atoms with Gasteiger partial charge in [0, 0.05) is 30.4 Å². The van der Waals surface area contributed by atoms with Crippen molar-refractivity contribution in [2.45, 2.75) is 77.9 Å². The van der Waals surface area contributed by atoms with Gasteiger partial charge in [-0.1, -0.05) is 25.7 Å². The predicted octanol–water partition coefficient (Wildman–Crippen LogP) is 3.91. The quantitative estimate of drug-likeness (QED) is 0.816. The topological polar surface area (TPSA) is 29.9 Å². The standard InChI is InChI=1S/C16H29N3/c1-4-19-12-16(11-17-19)14(3)18-13(2)15-9-7-5-6-8-10-15/h11-15,18H,4-10H2,1-3H3/t13-,14?/m1/s1. The van der Waals surface area contributed by atoms with Gasteiger partial charge in [-0.15, -0.1) is 0 Å². The molecule has 2 rings (SSSR count). The molecule has 1 aliphatic carbocycles. The van der Waals surface area contributed by atoms with Crippen LogP contribution in [0.2, 0.25) is 0 Å². The van der Waals surface area contributed by atoms with Crippen molar-refractivity contribution >= 4 is 0 Å². The number of hydrogen-bond acceptors (Lipinski definition) is 2. The van der Waals surface area contributed by atoms with E-state index in [1.54, 1.807) is 0 Å². The zero-order valence-corrected chi connectivity index (χ0v) is 12.7. The summed E-state index contributed by atoms with van der Waals surface area (Å²) in [5.74, 6) is 0.853. The second-order valence-electron chi connectivity index (χ2n) is 6.06. The van der Waals surface area contributed by atoms with Crippen molar-refractivity contribution in [2.75, 3.05) is 0 Å². The fraction of sp³-hybridized carbons (Fsp3) is 0.812. The van der Waals surface area contributed by atoms with Crippen molar-refractivity contribution in [1.82, 2.24) is 15.1 Å². The third-order valence-electron chi connectivity index (χ3n) is 4.60. The number of aromatic nitrogens is 2. The summed E-state index contributed by atoms with van der Waals surface area (Å²) in [6, 6.07) is 1.01. The molecule has 3 nitrogen and oxygen atoms in total. The highest BCUT2D eigenvalue weighted by molar-refractivity contribution is 5.09. The molecule has 0 radical (unpaired) electrons. The van der Waals surface area contributed by atoms with Gasteiger partial charge in [0.25, 0.3) is 0 Å². The average molecular weight is 263 g/mol. The van der Waals surface area contributed by atoms with Gasteiger partial charge < -0.3 is 5.32 Å². The number of rotatable bonds is 5. The molecule has 0 aromatic carbocycles. The lowest BCUT2D eigenvalue weighted by Gasteiger charge is -2.26. The van der Waals surface area contributed by atoms with Crippen molar-refractivity contribution in [3.05, 3.63) is 18.0 Å². The van der Waals surface area contributed by atoms with Gasteiger partial charge in [0.15, 0.2) is 0 Å². The molecule has 2 atom stereocenters. The van der Waals surface area contributed by atoms with Crippen LogP contribution in [-0.4, -0.2) is 15.8 Å². The van der Waals surface area contributed by atoms with Gasteiger partial charge in [0.05, 0.1) is 6.20 Å². The van der Waals surface area contributed by atoms with Crippen LogP contribution in [0, 0.1) is 5.92 Å². The zero-order valence-electron chi connectivity index (χ0n) is 12.7. The predicted molar refractivity (Wildman–Crippen MR) is 80.1 cm³/mol. The van der Waals surface area contributed by atoms with Gasteiger partial charge in [-0.2, -0.15) is 5.10 Å². The minimum Gasteiger partial charge on any atom is -0.307 e. The third kappa shape index (κ3) is 4.07. The lowest BCUT2D eigenvalue weighted by atomic mass is 9.92. The molecule has 1 N–H and O–H groups in total. The maximum absolute atomic E-state index is 4.37. The van der Waals surface area contributed by atoms with Gasteiger partial charge >= 0.3 is 0 Å². The summed E-state index contributed by atoms with van der Waals surface area (Å²) < 4.78 is 2.00. The van der Waals surface area contributed by atoms with Gasteiger partial charge in [0.2, 0.25) is 0 Å². The second-order valence-corrected chi connectivity index (χ2v) is 6.06. The van der Waals surface area contributed by atoms with Crippen LogP contribution in [0.5, 0.6) is 0 Å². The van der Waals surface area contributed by atoms with Crippen LogP contribution in [0.25, 0.3) is 0 Å². The van der Waals surface area contributed by atoms with E-state index in [1.807, 2.05) is 10.9 Å². The Labute approximate surface area is 117 Å². The summed E-state index contributed by atoms with van der Waals surface area (Å²) in [5, 5.41) is 8.14. The first kappa shape index (κ1) is 14.6. The second kappa shape index (κ2) is 7.09. The fourth-order valence-electron chi connectivity index (χ4n) is 3.21. The Kier molecular flexibility index (Phi) is 5.44. The Hall–Kier alpha value is -0.830. The smallest absolute Gasteiger partial charge is 0.0537 e. The number of nitrogens with zero attached hydrogens (tertiary/aromatic N) is 2. The van der Waals surface area contributed by atoms with Crippen molar-refractivity contribution < 1.29 is 0 Å². The first-order chi connectivity index (χ1) is 9.20. The van der Waals surface area contributed by atoms with E-state index in [4.69, 9.17) is 0 Å². The van der Waals surface area contributed by atoms with Crippen molar-refractivity contribution in [3.8, 4) is 0 Å². The minimum atomic E-state index is 0.401. The van der Waals surface area contributed by atoms with Gasteiger partial charge in [-0.25, -0.2) is 0 Å². The van der Waals surface area contributed by atoms with Gasteiger partial charge in [0.1, 0.15) is 0 Å². The fourth-order valence-corrected chi connectivity index (χ4v) is 3.21. The number of aryl methyl sites for hydroxylation is 1. The largest absolute Gasteiger partial charge is 0.307 e. The lowest BCUT2D eigenvalue weighted by Crippen LogP contribution is -2.35. The van der Waals surface area contributed by atoms with Crippen LogP contribution in [0.3, 0.4) is 0 Å². The molecule has 0 spiro atoms. The molecular formula is C16H29N3. The first-order valence-electron chi connectivity index (χ1n) is 7.99. The van der Waals surface area contributed by atoms with Crippen molar-refractivity contribution in [3.63, 3.8) is 0 Å². The van der Waals surface area contributed by atoms with E-state index in [9.17, 15) is 0 Å². The van der Waals surface area contributed by atoms with Crippen LogP contribution in [-0.2, 0) is 6.54 Å². The molecule has 1 heterocycles. The molecule has 108 valence electrons. The first-order valence-corrected chi connectivity index (χ1v) is 7.99. The maximum atomic E-state index is 4.37. The van der Waals surface area contributed by atoms with Crippen LogP contribution in [0.1, 0.15) is 70.9 Å². The number of nitrogens with one attached hydrogen (secondary N) is 1. The molecule has 1 aliphatic rings. The van der Waals surface area contributed by atoms with Crippen LogP contribution in [0.4, 0.5) is 0 Å². The Morgan fingerprint density at radius 2 is 1.95 bits per heavy atom. The van der Waals surface area contributed by atoms with Crippen molar-refractivity contribution in [2.24, 2.45) is 5.92 Å². The molecule has 19 heavy (non-hydrogen) atoms. The maximum Gasteiger partial charge on any atom is 0.0537 e. The SMILES string of the molecule is CCn1cc(C(C)N[C@H](C)C2CCCCCC2)cn1. The highest BCUT2D eigenvalue weighted by Crippen LogP contribution is 2.26. The molecule has 0 saturated heterocycles. The molecule has 3 heteroatoms. The highest BCUT2D eigenvalue weighted by atomic mass is 15.3. The molecule has 0 bridgehead atoms. The summed E-state index contributed by atoms with van der Waals surface area (Å²) in [5.41, 5.74) is 1.31. The molecular weight excluding hydrogens is 234 g/mol. The zero-order chi connectivity index (χ0) is 13.7. The molecule has 1 saturated carbocycles. The van der Waals surface area contributed by atoms with Crippen LogP contribution >= 0.6 is 0 Å². The van der Waals surface area contributed by atoms with E-state index in [1.165, 1.54) is 44.1 Å². The van der Waals surface area contributed by atoms with Gasteiger partial charge in [-0.3, -0.25) is 4.68 Å². The Morgan fingerprint density at radius 1 is 1.26 bits per heavy atom. The number of hydrogen-bond donors (Lipinski definition) is 1. The summed E-state index contributed by atoms with van der Waals surface area (Å²) in [4.78, 5) is 0. The molecule has 0 amide bonds. The van der Waals surface area contributed by atoms with E-state index in [-0.39, 0.29) is 0 Å². The van der Waals surface area contributed by atoms with Crippen LogP contribution in [0.15, 0.2) is 12.4 Å². The third-order valence-corrected chi connectivity index (χ3v) is 4.60. The van der Waals surface area contributed by atoms with E-state index in [0.29, 0.717) is 12.1 Å². The molecule has 1 unspecified atom stereocenters. The Morgan fingerprint density at radius 3 is 2.53 bits per heavy atom. The van der Waals surface area contributed by atoms with Crippen LogP contribution < -0.4 is 5.32 Å². The summed E-state index contributed by atoms with van der Waals surface area (Å²) in [7, 11) is 0. The summed E-state index contributed by atoms with van der Waals surface area (Å²) >= 11 is 0. The van der Waals surface area contributed by atoms with Crippen molar-refractivity contribution in [1.29, 1.82) is 0 Å². The monoisotopic (exact) mass is 263 g/mol. The lowest BCUT2D eigenvalue weighted by molar-refractivity contribution is 0.316. The summed E-state index contributed by atoms with van der Waals surface area (Å²) in [6.45, 7) is 7.69. The molecule has 1 aromatic rings. The highest BCUT2D eigenvalue weighted by Gasteiger charge is 2.21. The Bertz CT molecular complexity index is 364. The van der Waals surface area contributed by atoms with E-state index in [2.05, 4.69) is 37.4 Å². The minimum absolute atomic E-state index is 0.401. The average Bonchev–Trinajstić information content (AvgIpc) is 2.73. The molecule has 1 aromatic heterocycles. The Balaban J connectivity index is 1.88.